The summed E-state index contributed by atoms with van der Waals surface area (Å²) in [5.41, 5.74) is 0.670. The standard InChI is InChI=1S/C10H9NO5/c1-15-10(12)7-4-6-2-3-16-9(6)8(5-7)11(13)14/h4-5H,2-3H2,1H3. The zero-order valence-corrected chi connectivity index (χ0v) is 8.56. The largest absolute Gasteiger partial charge is 0.486 e. The third-order valence-electron chi connectivity index (χ3n) is 2.38. The van der Waals surface area contributed by atoms with Gasteiger partial charge in [-0.1, -0.05) is 0 Å². The van der Waals surface area contributed by atoms with E-state index in [4.69, 9.17) is 4.74 Å². The highest BCUT2D eigenvalue weighted by molar-refractivity contribution is 5.91. The lowest BCUT2D eigenvalue weighted by atomic mass is 10.1. The normalized spacial score (nSPS) is 12.8. The van der Waals surface area contributed by atoms with E-state index in [0.717, 1.165) is 0 Å². The lowest BCUT2D eigenvalue weighted by Crippen LogP contribution is -2.03. The van der Waals surface area contributed by atoms with E-state index in [1.54, 1.807) is 6.07 Å². The van der Waals surface area contributed by atoms with Gasteiger partial charge in [-0.3, -0.25) is 10.1 Å². The van der Waals surface area contributed by atoms with Gasteiger partial charge >= 0.3 is 11.7 Å². The minimum atomic E-state index is -0.585. The number of ether oxygens (including phenoxy) is 2. The van der Waals surface area contributed by atoms with Crippen molar-refractivity contribution in [1.29, 1.82) is 0 Å². The first-order valence-electron chi connectivity index (χ1n) is 4.66. The van der Waals surface area contributed by atoms with Crippen LogP contribution in [0.5, 0.6) is 5.75 Å². The minimum Gasteiger partial charge on any atom is -0.486 e. The molecule has 0 aliphatic carbocycles. The first-order chi connectivity index (χ1) is 7.63. The maximum Gasteiger partial charge on any atom is 0.338 e. The van der Waals surface area contributed by atoms with Crippen molar-refractivity contribution in [1.82, 2.24) is 0 Å². The van der Waals surface area contributed by atoms with Gasteiger partial charge in [0.05, 0.1) is 24.2 Å². The van der Waals surface area contributed by atoms with Crippen LogP contribution in [-0.2, 0) is 11.2 Å². The van der Waals surface area contributed by atoms with Crippen LogP contribution in [0.15, 0.2) is 12.1 Å². The van der Waals surface area contributed by atoms with Crippen LogP contribution >= 0.6 is 0 Å². The van der Waals surface area contributed by atoms with E-state index in [0.29, 0.717) is 18.6 Å². The van der Waals surface area contributed by atoms with Gasteiger partial charge in [0.15, 0.2) is 0 Å². The maximum atomic E-state index is 11.3. The molecule has 0 spiro atoms. The molecular formula is C10H9NO5. The highest BCUT2D eigenvalue weighted by Crippen LogP contribution is 2.36. The molecule has 0 amide bonds. The van der Waals surface area contributed by atoms with Crippen LogP contribution in [-0.4, -0.2) is 24.6 Å². The lowest BCUT2D eigenvalue weighted by Gasteiger charge is -2.03. The van der Waals surface area contributed by atoms with Crippen molar-refractivity contribution in [3.05, 3.63) is 33.4 Å². The van der Waals surface area contributed by atoms with E-state index in [-0.39, 0.29) is 17.0 Å². The molecule has 0 bridgehead atoms. The topological polar surface area (TPSA) is 78.7 Å². The molecule has 6 heteroatoms. The Bertz CT molecular complexity index is 469. The molecule has 0 saturated carbocycles. The number of esters is 1. The van der Waals surface area contributed by atoms with E-state index in [1.807, 2.05) is 0 Å². The van der Waals surface area contributed by atoms with Crippen molar-refractivity contribution >= 4 is 11.7 Å². The van der Waals surface area contributed by atoms with Crippen LogP contribution in [0.2, 0.25) is 0 Å². The monoisotopic (exact) mass is 223 g/mol. The van der Waals surface area contributed by atoms with Crippen LogP contribution in [0, 0.1) is 10.1 Å². The molecule has 1 aromatic carbocycles. The molecule has 1 heterocycles. The molecule has 0 N–H and O–H groups in total. The summed E-state index contributed by atoms with van der Waals surface area (Å²) in [6.07, 6.45) is 0.570. The van der Waals surface area contributed by atoms with Crippen LogP contribution in [0.4, 0.5) is 5.69 Å². The number of rotatable bonds is 2. The molecule has 0 saturated heterocycles. The van der Waals surface area contributed by atoms with Crippen LogP contribution in [0.25, 0.3) is 0 Å². The van der Waals surface area contributed by atoms with Gasteiger partial charge in [0, 0.05) is 18.1 Å². The third-order valence-corrected chi connectivity index (χ3v) is 2.38. The smallest absolute Gasteiger partial charge is 0.338 e. The molecule has 0 unspecified atom stereocenters. The van der Waals surface area contributed by atoms with Gasteiger partial charge in [0.2, 0.25) is 5.75 Å². The summed E-state index contributed by atoms with van der Waals surface area (Å²) < 4.78 is 9.69. The van der Waals surface area contributed by atoms with E-state index in [2.05, 4.69) is 4.74 Å². The van der Waals surface area contributed by atoms with Gasteiger partial charge in [-0.2, -0.15) is 0 Å². The van der Waals surface area contributed by atoms with Crippen molar-refractivity contribution in [3.63, 3.8) is 0 Å². The van der Waals surface area contributed by atoms with Crippen molar-refractivity contribution in [2.75, 3.05) is 13.7 Å². The van der Waals surface area contributed by atoms with E-state index in [1.165, 1.54) is 13.2 Å². The number of nitro groups is 1. The first-order valence-corrected chi connectivity index (χ1v) is 4.66. The Labute approximate surface area is 90.9 Å². The van der Waals surface area contributed by atoms with Crippen LogP contribution < -0.4 is 4.74 Å². The Morgan fingerprint density at radius 2 is 2.31 bits per heavy atom. The molecule has 16 heavy (non-hydrogen) atoms. The zero-order chi connectivity index (χ0) is 11.7. The number of methoxy groups -OCH3 is 1. The number of hydrogen-bond donors (Lipinski definition) is 0. The Hall–Kier alpha value is -2.11. The molecule has 0 aromatic heterocycles. The van der Waals surface area contributed by atoms with Gasteiger partial charge in [0.25, 0.3) is 0 Å². The fraction of sp³-hybridized carbons (Fsp3) is 0.300. The summed E-state index contributed by atoms with van der Waals surface area (Å²) in [4.78, 5) is 21.5. The SMILES string of the molecule is COC(=O)c1cc2c(c([N+](=O)[O-])c1)OCC2. The summed E-state index contributed by atoms with van der Waals surface area (Å²) in [7, 11) is 1.23. The molecular weight excluding hydrogens is 214 g/mol. The van der Waals surface area contributed by atoms with Crippen LogP contribution in [0.1, 0.15) is 15.9 Å². The molecule has 0 atom stereocenters. The Morgan fingerprint density at radius 3 is 2.94 bits per heavy atom. The average molecular weight is 223 g/mol. The highest BCUT2D eigenvalue weighted by atomic mass is 16.6. The molecule has 0 fully saturated rings. The Kier molecular flexibility index (Phi) is 2.47. The van der Waals surface area contributed by atoms with Crippen molar-refractivity contribution in [2.45, 2.75) is 6.42 Å². The van der Waals surface area contributed by atoms with Crippen LogP contribution in [0.3, 0.4) is 0 Å². The summed E-state index contributed by atoms with van der Waals surface area (Å²) in [6, 6.07) is 2.75. The second-order valence-corrected chi connectivity index (χ2v) is 3.33. The van der Waals surface area contributed by atoms with E-state index >= 15 is 0 Å². The maximum absolute atomic E-state index is 11.3. The summed E-state index contributed by atoms with van der Waals surface area (Å²) >= 11 is 0. The molecule has 1 aliphatic rings. The number of carbonyl (C=O) groups is 1. The molecule has 2 rings (SSSR count). The predicted molar refractivity (Wildman–Crippen MR) is 53.6 cm³/mol. The van der Waals surface area contributed by atoms with Gasteiger partial charge in [-0.05, 0) is 6.07 Å². The predicted octanol–water partition coefficient (Wildman–Crippen LogP) is 1.32. The fourth-order valence-corrected chi connectivity index (χ4v) is 1.66. The summed E-state index contributed by atoms with van der Waals surface area (Å²) in [6.45, 7) is 0.404. The summed E-state index contributed by atoms with van der Waals surface area (Å²) in [5.74, 6) is -0.324. The summed E-state index contributed by atoms with van der Waals surface area (Å²) in [5, 5.41) is 10.8. The third kappa shape index (κ3) is 1.58. The van der Waals surface area contributed by atoms with Gasteiger partial charge in [-0.25, -0.2) is 4.79 Å². The van der Waals surface area contributed by atoms with E-state index in [9.17, 15) is 14.9 Å². The lowest BCUT2D eigenvalue weighted by molar-refractivity contribution is -0.385. The average Bonchev–Trinajstić information content (AvgIpc) is 2.74. The van der Waals surface area contributed by atoms with E-state index < -0.39 is 10.9 Å². The molecule has 0 radical (unpaired) electrons. The molecule has 6 nitrogen and oxygen atoms in total. The fourth-order valence-electron chi connectivity index (χ4n) is 1.66. The number of carbonyl (C=O) groups excluding carboxylic acids is 1. The van der Waals surface area contributed by atoms with Crippen molar-refractivity contribution in [2.24, 2.45) is 0 Å². The second kappa shape index (κ2) is 3.80. The number of nitro benzene ring substituents is 1. The van der Waals surface area contributed by atoms with Gasteiger partial charge in [0.1, 0.15) is 0 Å². The number of fused-ring (bicyclic) bond motifs is 1. The number of nitrogens with zero attached hydrogens (tertiary/aromatic N) is 1. The quantitative estimate of drug-likeness (QED) is 0.429. The highest BCUT2D eigenvalue weighted by Gasteiger charge is 2.26. The van der Waals surface area contributed by atoms with Crippen molar-refractivity contribution in [3.8, 4) is 5.75 Å². The van der Waals surface area contributed by atoms with Gasteiger partial charge in [-0.15, -0.1) is 0 Å². The minimum absolute atomic E-state index is 0.179. The zero-order valence-electron chi connectivity index (χ0n) is 8.56. The second-order valence-electron chi connectivity index (χ2n) is 3.33. The Balaban J connectivity index is 2.56. The Morgan fingerprint density at radius 1 is 1.56 bits per heavy atom. The number of hydrogen-bond acceptors (Lipinski definition) is 5. The number of benzene rings is 1. The molecule has 1 aliphatic heterocycles. The molecule has 1 aromatic rings. The first kappa shape index (κ1) is 10.4. The van der Waals surface area contributed by atoms with Gasteiger partial charge < -0.3 is 9.47 Å². The molecule has 84 valence electrons. The van der Waals surface area contributed by atoms with Crippen molar-refractivity contribution < 1.29 is 19.2 Å².